The highest BCUT2D eigenvalue weighted by Crippen LogP contribution is 2.20. The highest BCUT2D eigenvalue weighted by Gasteiger charge is 2.26. The van der Waals surface area contributed by atoms with E-state index in [1.807, 2.05) is 0 Å². The SMILES string of the molecule is CC(C)(CCN(CCCN)CCCN)N(CCCN)CCCN. The van der Waals surface area contributed by atoms with Gasteiger partial charge in [-0.3, -0.25) is 4.90 Å². The second-order valence-electron chi connectivity index (χ2n) is 6.96. The van der Waals surface area contributed by atoms with E-state index >= 15 is 0 Å². The Labute approximate surface area is 143 Å². The quantitative estimate of drug-likeness (QED) is 0.321. The largest absolute Gasteiger partial charge is 0.330 e. The van der Waals surface area contributed by atoms with Gasteiger partial charge in [0.15, 0.2) is 0 Å². The van der Waals surface area contributed by atoms with Crippen LogP contribution in [0.15, 0.2) is 0 Å². The zero-order chi connectivity index (χ0) is 17.6. The van der Waals surface area contributed by atoms with E-state index in [2.05, 4.69) is 23.6 Å². The van der Waals surface area contributed by atoms with E-state index in [0.29, 0.717) is 0 Å². The lowest BCUT2D eigenvalue weighted by molar-refractivity contribution is 0.0938. The number of nitrogens with two attached hydrogens (primary N) is 4. The van der Waals surface area contributed by atoms with E-state index in [1.165, 1.54) is 0 Å². The van der Waals surface area contributed by atoms with E-state index in [4.69, 9.17) is 22.9 Å². The molecule has 8 N–H and O–H groups in total. The second kappa shape index (κ2) is 14.1. The molecule has 0 saturated carbocycles. The molecule has 6 heteroatoms. The van der Waals surface area contributed by atoms with Gasteiger partial charge in [-0.1, -0.05) is 0 Å². The lowest BCUT2D eigenvalue weighted by Gasteiger charge is -2.40. The molecule has 0 heterocycles. The molecule has 0 aromatic heterocycles. The number of hydrogen-bond acceptors (Lipinski definition) is 6. The summed E-state index contributed by atoms with van der Waals surface area (Å²) in [6.45, 7) is 13.0. The Kier molecular flexibility index (Phi) is 14.0. The standard InChI is InChI=1S/C17H42N6/c1-17(2,23(14-5-10-20)15-6-11-21)7-16-22(12-3-8-18)13-4-9-19/h3-16,18-21H2,1-2H3. The molecule has 0 aliphatic heterocycles. The Hall–Kier alpha value is -0.240. The Morgan fingerprint density at radius 3 is 1.39 bits per heavy atom. The fourth-order valence-electron chi connectivity index (χ4n) is 2.84. The average molecular weight is 331 g/mol. The van der Waals surface area contributed by atoms with Gasteiger partial charge >= 0.3 is 0 Å². The van der Waals surface area contributed by atoms with Crippen LogP contribution in [0, 0.1) is 0 Å². The van der Waals surface area contributed by atoms with Crippen molar-refractivity contribution in [1.82, 2.24) is 9.80 Å². The predicted octanol–water partition coefficient (Wildman–Crippen LogP) is 0.154. The first-order valence-electron chi connectivity index (χ1n) is 9.29. The third-order valence-corrected chi connectivity index (χ3v) is 4.52. The van der Waals surface area contributed by atoms with E-state index in [-0.39, 0.29) is 5.54 Å². The van der Waals surface area contributed by atoms with Crippen molar-refractivity contribution < 1.29 is 0 Å². The minimum Gasteiger partial charge on any atom is -0.330 e. The number of nitrogens with zero attached hydrogens (tertiary/aromatic N) is 2. The van der Waals surface area contributed by atoms with Gasteiger partial charge in [0.2, 0.25) is 0 Å². The van der Waals surface area contributed by atoms with Gasteiger partial charge in [-0.05, 0) is 105 Å². The van der Waals surface area contributed by atoms with Crippen LogP contribution in [-0.4, -0.2) is 74.2 Å². The molecule has 140 valence electrons. The van der Waals surface area contributed by atoms with Crippen molar-refractivity contribution in [3.63, 3.8) is 0 Å². The van der Waals surface area contributed by atoms with Crippen LogP contribution in [0.25, 0.3) is 0 Å². The van der Waals surface area contributed by atoms with Gasteiger partial charge < -0.3 is 27.8 Å². The van der Waals surface area contributed by atoms with Crippen LogP contribution in [0.5, 0.6) is 0 Å². The van der Waals surface area contributed by atoms with Gasteiger partial charge in [0, 0.05) is 5.54 Å². The molecule has 0 spiro atoms. The molecule has 0 bridgehead atoms. The van der Waals surface area contributed by atoms with Gasteiger partial charge in [-0.15, -0.1) is 0 Å². The summed E-state index contributed by atoms with van der Waals surface area (Å²) in [4.78, 5) is 5.06. The van der Waals surface area contributed by atoms with E-state index < -0.39 is 0 Å². The normalized spacial score (nSPS) is 12.5. The van der Waals surface area contributed by atoms with Crippen molar-refractivity contribution in [2.45, 2.75) is 51.5 Å². The van der Waals surface area contributed by atoms with Gasteiger partial charge in [0.1, 0.15) is 0 Å². The topological polar surface area (TPSA) is 111 Å². The lowest BCUT2D eigenvalue weighted by atomic mass is 9.96. The Morgan fingerprint density at radius 2 is 1.00 bits per heavy atom. The van der Waals surface area contributed by atoms with E-state index in [1.54, 1.807) is 0 Å². The van der Waals surface area contributed by atoms with Crippen LogP contribution < -0.4 is 22.9 Å². The summed E-state index contributed by atoms with van der Waals surface area (Å²) in [5, 5.41) is 0. The molecule has 0 atom stereocenters. The first-order chi connectivity index (χ1) is 11.0. The molecule has 0 aliphatic rings. The smallest absolute Gasteiger partial charge is 0.0165 e. The van der Waals surface area contributed by atoms with Crippen LogP contribution in [0.4, 0.5) is 0 Å². The molecular formula is C17H42N6. The molecule has 0 amide bonds. The lowest BCUT2D eigenvalue weighted by Crippen LogP contribution is -2.48. The minimum absolute atomic E-state index is 0.161. The number of hydrogen-bond donors (Lipinski definition) is 4. The predicted molar refractivity (Wildman–Crippen MR) is 101 cm³/mol. The second-order valence-corrected chi connectivity index (χ2v) is 6.96. The first kappa shape index (κ1) is 22.8. The number of rotatable bonds is 16. The summed E-state index contributed by atoms with van der Waals surface area (Å²) in [5.41, 5.74) is 22.9. The summed E-state index contributed by atoms with van der Waals surface area (Å²) in [5.74, 6) is 0. The first-order valence-corrected chi connectivity index (χ1v) is 9.29. The van der Waals surface area contributed by atoms with Crippen molar-refractivity contribution in [3.8, 4) is 0 Å². The van der Waals surface area contributed by atoms with Crippen LogP contribution in [0.2, 0.25) is 0 Å². The minimum atomic E-state index is 0.161. The van der Waals surface area contributed by atoms with Crippen LogP contribution in [-0.2, 0) is 0 Å². The maximum atomic E-state index is 5.70. The molecule has 0 aromatic rings. The van der Waals surface area contributed by atoms with Crippen molar-refractivity contribution in [2.24, 2.45) is 22.9 Å². The van der Waals surface area contributed by atoms with Crippen LogP contribution >= 0.6 is 0 Å². The van der Waals surface area contributed by atoms with Crippen LogP contribution in [0.3, 0.4) is 0 Å². The Bertz CT molecular complexity index is 243. The molecular weight excluding hydrogens is 288 g/mol. The van der Waals surface area contributed by atoms with Crippen molar-refractivity contribution in [2.75, 3.05) is 58.9 Å². The van der Waals surface area contributed by atoms with Crippen molar-refractivity contribution in [3.05, 3.63) is 0 Å². The molecule has 0 rings (SSSR count). The highest BCUT2D eigenvalue weighted by molar-refractivity contribution is 4.83. The average Bonchev–Trinajstić information content (AvgIpc) is 2.54. The third kappa shape index (κ3) is 11.0. The van der Waals surface area contributed by atoms with Gasteiger partial charge in [-0.2, -0.15) is 0 Å². The molecule has 0 radical (unpaired) electrons. The fourth-order valence-corrected chi connectivity index (χ4v) is 2.84. The summed E-state index contributed by atoms with van der Waals surface area (Å²) in [6.07, 6.45) is 5.32. The summed E-state index contributed by atoms with van der Waals surface area (Å²) < 4.78 is 0. The van der Waals surface area contributed by atoms with Crippen molar-refractivity contribution >= 4 is 0 Å². The monoisotopic (exact) mass is 330 g/mol. The fraction of sp³-hybridized carbons (Fsp3) is 1.00. The zero-order valence-corrected chi connectivity index (χ0v) is 15.6. The molecule has 0 fully saturated rings. The molecule has 0 aliphatic carbocycles. The maximum Gasteiger partial charge on any atom is 0.0165 e. The summed E-state index contributed by atoms with van der Waals surface area (Å²) >= 11 is 0. The van der Waals surface area contributed by atoms with E-state index in [0.717, 1.165) is 91.0 Å². The Morgan fingerprint density at radius 1 is 0.609 bits per heavy atom. The summed E-state index contributed by atoms with van der Waals surface area (Å²) in [7, 11) is 0. The molecule has 0 aromatic carbocycles. The van der Waals surface area contributed by atoms with Crippen molar-refractivity contribution in [1.29, 1.82) is 0 Å². The van der Waals surface area contributed by atoms with Gasteiger partial charge in [-0.25, -0.2) is 0 Å². The van der Waals surface area contributed by atoms with Crippen LogP contribution in [0.1, 0.15) is 46.0 Å². The molecule has 0 unspecified atom stereocenters. The molecule has 6 nitrogen and oxygen atoms in total. The van der Waals surface area contributed by atoms with E-state index in [9.17, 15) is 0 Å². The van der Waals surface area contributed by atoms with Gasteiger partial charge in [0.05, 0.1) is 0 Å². The maximum absolute atomic E-state index is 5.70. The molecule has 23 heavy (non-hydrogen) atoms. The third-order valence-electron chi connectivity index (χ3n) is 4.52. The van der Waals surface area contributed by atoms with Gasteiger partial charge in [0.25, 0.3) is 0 Å². The highest BCUT2D eigenvalue weighted by atomic mass is 15.2. The molecule has 0 saturated heterocycles. The zero-order valence-electron chi connectivity index (χ0n) is 15.6. The summed E-state index contributed by atoms with van der Waals surface area (Å²) in [6, 6.07) is 0. The Balaban J connectivity index is 4.52.